The van der Waals surface area contributed by atoms with Crippen LogP contribution in [0.25, 0.3) is 11.0 Å². The van der Waals surface area contributed by atoms with Crippen molar-refractivity contribution in [2.75, 3.05) is 11.9 Å². The van der Waals surface area contributed by atoms with Gasteiger partial charge in [0.25, 0.3) is 0 Å². The SMILES string of the molecule is CN(C(=O)OC(C)(C)C)c1nc2ccc(C=O)cc2[nH]1. The Bertz CT molecular complexity index is 655. The number of benzene rings is 1. The molecule has 0 atom stereocenters. The summed E-state index contributed by atoms with van der Waals surface area (Å²) in [5.41, 5.74) is 1.36. The highest BCUT2D eigenvalue weighted by Crippen LogP contribution is 2.19. The van der Waals surface area contributed by atoms with E-state index in [1.807, 2.05) is 0 Å². The first kappa shape index (κ1) is 14.0. The average Bonchev–Trinajstić information content (AvgIpc) is 2.78. The summed E-state index contributed by atoms with van der Waals surface area (Å²) >= 11 is 0. The van der Waals surface area contributed by atoms with Gasteiger partial charge in [-0.25, -0.2) is 9.78 Å². The third-order valence-corrected chi connectivity index (χ3v) is 2.61. The van der Waals surface area contributed by atoms with E-state index in [4.69, 9.17) is 4.74 Å². The number of amides is 1. The number of fused-ring (bicyclic) bond motifs is 1. The molecule has 1 heterocycles. The van der Waals surface area contributed by atoms with Gasteiger partial charge < -0.3 is 9.72 Å². The number of hydrogen-bond donors (Lipinski definition) is 1. The van der Waals surface area contributed by atoms with Crippen molar-refractivity contribution in [1.82, 2.24) is 9.97 Å². The van der Waals surface area contributed by atoms with E-state index < -0.39 is 11.7 Å². The van der Waals surface area contributed by atoms with E-state index in [0.717, 1.165) is 6.29 Å². The molecule has 0 spiro atoms. The quantitative estimate of drug-likeness (QED) is 0.855. The summed E-state index contributed by atoms with van der Waals surface area (Å²) < 4.78 is 5.27. The fourth-order valence-electron chi connectivity index (χ4n) is 1.66. The van der Waals surface area contributed by atoms with E-state index in [-0.39, 0.29) is 0 Å². The summed E-state index contributed by atoms with van der Waals surface area (Å²) in [5, 5.41) is 0. The summed E-state index contributed by atoms with van der Waals surface area (Å²) in [6.45, 7) is 5.40. The van der Waals surface area contributed by atoms with Gasteiger partial charge in [0.1, 0.15) is 11.9 Å². The smallest absolute Gasteiger partial charge is 0.416 e. The molecule has 2 aromatic rings. The molecule has 6 heteroatoms. The Morgan fingerprint density at radius 3 is 2.70 bits per heavy atom. The minimum absolute atomic E-state index is 0.372. The van der Waals surface area contributed by atoms with Crippen molar-refractivity contribution in [2.45, 2.75) is 26.4 Å². The second kappa shape index (κ2) is 4.96. The second-order valence-corrected chi connectivity index (χ2v) is 5.49. The van der Waals surface area contributed by atoms with Crippen molar-refractivity contribution in [2.24, 2.45) is 0 Å². The topological polar surface area (TPSA) is 75.3 Å². The summed E-state index contributed by atoms with van der Waals surface area (Å²) in [6.07, 6.45) is 0.268. The first-order chi connectivity index (χ1) is 9.30. The Labute approximate surface area is 116 Å². The fourth-order valence-corrected chi connectivity index (χ4v) is 1.66. The van der Waals surface area contributed by atoms with Gasteiger partial charge in [-0.1, -0.05) is 0 Å². The Morgan fingerprint density at radius 1 is 1.40 bits per heavy atom. The lowest BCUT2D eigenvalue weighted by molar-refractivity contribution is 0.0587. The van der Waals surface area contributed by atoms with Gasteiger partial charge in [-0.2, -0.15) is 0 Å². The molecule has 0 bridgehead atoms. The number of carbonyl (C=O) groups is 2. The van der Waals surface area contributed by atoms with Crippen molar-refractivity contribution >= 4 is 29.4 Å². The number of rotatable bonds is 2. The van der Waals surface area contributed by atoms with Crippen LogP contribution in [0.2, 0.25) is 0 Å². The molecule has 0 saturated carbocycles. The second-order valence-electron chi connectivity index (χ2n) is 5.49. The number of aromatic nitrogens is 2. The van der Waals surface area contributed by atoms with Gasteiger partial charge >= 0.3 is 6.09 Å². The maximum atomic E-state index is 11.9. The van der Waals surface area contributed by atoms with Crippen LogP contribution in [0.4, 0.5) is 10.7 Å². The average molecular weight is 275 g/mol. The summed E-state index contributed by atoms with van der Waals surface area (Å²) in [4.78, 5) is 31.3. The van der Waals surface area contributed by atoms with Crippen LogP contribution in [0.5, 0.6) is 0 Å². The summed E-state index contributed by atoms with van der Waals surface area (Å²) in [7, 11) is 1.58. The molecule has 0 fully saturated rings. The predicted octanol–water partition coefficient (Wildman–Crippen LogP) is 2.75. The van der Waals surface area contributed by atoms with Gasteiger partial charge in [0.15, 0.2) is 0 Å². The van der Waals surface area contributed by atoms with Gasteiger partial charge in [-0.15, -0.1) is 0 Å². The molecule has 1 aromatic heterocycles. The zero-order valence-corrected chi connectivity index (χ0v) is 11.9. The first-order valence-corrected chi connectivity index (χ1v) is 6.22. The standard InChI is InChI=1S/C14H17N3O3/c1-14(2,3)20-13(19)17(4)12-15-10-6-5-9(8-18)7-11(10)16-12/h5-8H,1-4H3,(H,15,16). The van der Waals surface area contributed by atoms with Gasteiger partial charge in [0.05, 0.1) is 11.0 Å². The lowest BCUT2D eigenvalue weighted by Crippen LogP contribution is -2.34. The van der Waals surface area contributed by atoms with Crippen molar-refractivity contribution < 1.29 is 14.3 Å². The molecule has 1 N–H and O–H groups in total. The van der Waals surface area contributed by atoms with E-state index in [9.17, 15) is 9.59 Å². The Morgan fingerprint density at radius 2 is 2.10 bits per heavy atom. The van der Waals surface area contributed by atoms with Gasteiger partial charge in [-0.3, -0.25) is 9.69 Å². The van der Waals surface area contributed by atoms with E-state index in [2.05, 4.69) is 9.97 Å². The number of H-pyrrole nitrogens is 1. The van der Waals surface area contributed by atoms with Crippen molar-refractivity contribution in [3.8, 4) is 0 Å². The van der Waals surface area contributed by atoms with Gasteiger partial charge in [-0.05, 0) is 39.0 Å². The van der Waals surface area contributed by atoms with Crippen LogP contribution in [0.15, 0.2) is 18.2 Å². The zero-order chi connectivity index (χ0) is 14.9. The Hall–Kier alpha value is -2.37. The number of aldehydes is 1. The van der Waals surface area contributed by atoms with E-state index in [1.165, 1.54) is 4.90 Å². The van der Waals surface area contributed by atoms with Gasteiger partial charge in [0.2, 0.25) is 5.95 Å². The number of imidazole rings is 1. The van der Waals surface area contributed by atoms with Crippen LogP contribution in [0.1, 0.15) is 31.1 Å². The minimum Gasteiger partial charge on any atom is -0.443 e. The normalized spacial score (nSPS) is 11.4. The van der Waals surface area contributed by atoms with Crippen LogP contribution in [0, 0.1) is 0 Å². The molecule has 0 saturated heterocycles. The van der Waals surface area contributed by atoms with E-state index in [1.54, 1.807) is 46.0 Å². The monoisotopic (exact) mass is 275 g/mol. The minimum atomic E-state index is -0.567. The lowest BCUT2D eigenvalue weighted by Gasteiger charge is -2.23. The molecule has 1 aromatic carbocycles. The van der Waals surface area contributed by atoms with Crippen LogP contribution < -0.4 is 4.90 Å². The molecule has 0 radical (unpaired) electrons. The molecule has 20 heavy (non-hydrogen) atoms. The summed E-state index contributed by atoms with van der Waals surface area (Å²) in [6, 6.07) is 5.08. The molecule has 0 aliphatic heterocycles. The number of nitrogens with one attached hydrogen (secondary N) is 1. The lowest BCUT2D eigenvalue weighted by atomic mass is 10.2. The molecule has 2 rings (SSSR count). The Balaban J connectivity index is 2.28. The molecule has 1 amide bonds. The first-order valence-electron chi connectivity index (χ1n) is 6.22. The number of nitrogens with zero attached hydrogens (tertiary/aromatic N) is 2. The molecule has 106 valence electrons. The molecule has 0 unspecified atom stereocenters. The van der Waals surface area contributed by atoms with Crippen molar-refractivity contribution in [1.29, 1.82) is 0 Å². The number of ether oxygens (including phenoxy) is 1. The van der Waals surface area contributed by atoms with Gasteiger partial charge in [0, 0.05) is 12.6 Å². The number of anilines is 1. The third kappa shape index (κ3) is 2.96. The largest absolute Gasteiger partial charge is 0.443 e. The third-order valence-electron chi connectivity index (χ3n) is 2.61. The fraction of sp³-hybridized carbons (Fsp3) is 0.357. The number of aromatic amines is 1. The highest BCUT2D eigenvalue weighted by Gasteiger charge is 2.22. The summed E-state index contributed by atoms with van der Waals surface area (Å²) in [5.74, 6) is 0.372. The van der Waals surface area contributed by atoms with Crippen LogP contribution in [0.3, 0.4) is 0 Å². The highest BCUT2D eigenvalue weighted by atomic mass is 16.6. The maximum Gasteiger partial charge on any atom is 0.416 e. The predicted molar refractivity (Wildman–Crippen MR) is 76.1 cm³/mol. The van der Waals surface area contributed by atoms with Crippen molar-refractivity contribution in [3.05, 3.63) is 23.8 Å². The van der Waals surface area contributed by atoms with Crippen LogP contribution >= 0.6 is 0 Å². The number of carbonyl (C=O) groups excluding carboxylic acids is 2. The van der Waals surface area contributed by atoms with Crippen LogP contribution in [-0.2, 0) is 4.74 Å². The highest BCUT2D eigenvalue weighted by molar-refractivity contribution is 5.90. The molecular weight excluding hydrogens is 258 g/mol. The van der Waals surface area contributed by atoms with Crippen molar-refractivity contribution in [3.63, 3.8) is 0 Å². The Kier molecular flexibility index (Phi) is 3.48. The number of hydrogen-bond acceptors (Lipinski definition) is 4. The van der Waals surface area contributed by atoms with E-state index >= 15 is 0 Å². The molecule has 0 aliphatic rings. The maximum absolute atomic E-state index is 11.9. The molecular formula is C14H17N3O3. The zero-order valence-electron chi connectivity index (χ0n) is 11.9. The molecule has 6 nitrogen and oxygen atoms in total. The van der Waals surface area contributed by atoms with E-state index in [0.29, 0.717) is 22.5 Å². The van der Waals surface area contributed by atoms with Crippen LogP contribution in [-0.4, -0.2) is 35.0 Å². The molecule has 0 aliphatic carbocycles.